The summed E-state index contributed by atoms with van der Waals surface area (Å²) in [5, 5.41) is 0. The van der Waals surface area contributed by atoms with Crippen molar-refractivity contribution in [3.63, 3.8) is 0 Å². The molecular formula is C11H15N. The summed E-state index contributed by atoms with van der Waals surface area (Å²) in [7, 11) is 0. The van der Waals surface area contributed by atoms with E-state index in [0.29, 0.717) is 6.04 Å². The van der Waals surface area contributed by atoms with Crippen molar-refractivity contribution < 1.29 is 0 Å². The number of hydrogen-bond donors (Lipinski definition) is 1. The topological polar surface area (TPSA) is 26.0 Å². The Labute approximate surface area is 73.6 Å². The molecule has 1 aliphatic carbocycles. The van der Waals surface area contributed by atoms with E-state index in [1.54, 1.807) is 0 Å². The summed E-state index contributed by atoms with van der Waals surface area (Å²) in [4.78, 5) is 0. The molecule has 0 saturated heterocycles. The summed E-state index contributed by atoms with van der Waals surface area (Å²) in [6.07, 6.45) is 1.28. The van der Waals surface area contributed by atoms with Gasteiger partial charge in [-0.25, -0.2) is 0 Å². The minimum atomic E-state index is 0.357. The van der Waals surface area contributed by atoms with E-state index in [1.165, 1.54) is 12.0 Å². The minimum Gasteiger partial charge on any atom is -0.328 e. The molecular weight excluding hydrogens is 146 g/mol. The Bertz CT molecular complexity index is 253. The van der Waals surface area contributed by atoms with Crippen LogP contribution in [-0.4, -0.2) is 6.04 Å². The molecule has 0 spiro atoms. The maximum atomic E-state index is 5.83. The highest BCUT2D eigenvalue weighted by atomic mass is 14.7. The number of rotatable bonds is 2. The van der Waals surface area contributed by atoms with E-state index in [1.807, 2.05) is 0 Å². The molecule has 1 aromatic carbocycles. The second-order valence-corrected chi connectivity index (χ2v) is 3.78. The van der Waals surface area contributed by atoms with Gasteiger partial charge in [-0.05, 0) is 30.7 Å². The van der Waals surface area contributed by atoms with Gasteiger partial charge in [-0.2, -0.15) is 0 Å². The third-order valence-corrected chi connectivity index (χ3v) is 2.74. The second kappa shape index (κ2) is 2.91. The molecule has 1 saturated carbocycles. The molecule has 1 heteroatoms. The van der Waals surface area contributed by atoms with Crippen molar-refractivity contribution in [2.45, 2.75) is 25.3 Å². The molecule has 0 unspecified atom stereocenters. The molecule has 1 aliphatic rings. The standard InChI is InChI=1S/C11H15N/c1-8(12)10-7-11(10)9-5-3-2-4-6-9/h2-6,8,10-11H,7,12H2,1H3/t8-,10+,11-/m0/s1. The Balaban J connectivity index is 2.06. The Kier molecular flexibility index (Phi) is 1.89. The van der Waals surface area contributed by atoms with Crippen LogP contribution in [-0.2, 0) is 0 Å². The van der Waals surface area contributed by atoms with Gasteiger partial charge in [0.2, 0.25) is 0 Å². The average molecular weight is 161 g/mol. The van der Waals surface area contributed by atoms with Gasteiger partial charge in [0.15, 0.2) is 0 Å². The van der Waals surface area contributed by atoms with Gasteiger partial charge in [-0.3, -0.25) is 0 Å². The molecule has 0 bridgehead atoms. The summed E-state index contributed by atoms with van der Waals surface area (Å²) in [6.45, 7) is 2.10. The number of benzene rings is 1. The first kappa shape index (κ1) is 7.81. The Hall–Kier alpha value is -0.820. The molecule has 64 valence electrons. The van der Waals surface area contributed by atoms with Crippen molar-refractivity contribution in [2.75, 3.05) is 0 Å². The zero-order valence-corrected chi connectivity index (χ0v) is 7.40. The molecule has 1 nitrogen and oxygen atoms in total. The van der Waals surface area contributed by atoms with E-state index < -0.39 is 0 Å². The van der Waals surface area contributed by atoms with E-state index in [0.717, 1.165) is 11.8 Å². The van der Waals surface area contributed by atoms with Crippen LogP contribution in [0.5, 0.6) is 0 Å². The van der Waals surface area contributed by atoms with Gasteiger partial charge in [-0.15, -0.1) is 0 Å². The zero-order chi connectivity index (χ0) is 8.55. The molecule has 0 aliphatic heterocycles. The first-order chi connectivity index (χ1) is 5.79. The molecule has 0 aromatic heterocycles. The third kappa shape index (κ3) is 1.37. The van der Waals surface area contributed by atoms with Crippen LogP contribution in [0.4, 0.5) is 0 Å². The maximum Gasteiger partial charge on any atom is 0.00448 e. The lowest BCUT2D eigenvalue weighted by Gasteiger charge is -2.02. The fraction of sp³-hybridized carbons (Fsp3) is 0.455. The van der Waals surface area contributed by atoms with E-state index in [4.69, 9.17) is 5.73 Å². The van der Waals surface area contributed by atoms with Crippen molar-refractivity contribution in [1.82, 2.24) is 0 Å². The fourth-order valence-corrected chi connectivity index (χ4v) is 1.88. The highest BCUT2D eigenvalue weighted by molar-refractivity contribution is 5.26. The van der Waals surface area contributed by atoms with Gasteiger partial charge in [0, 0.05) is 6.04 Å². The largest absolute Gasteiger partial charge is 0.328 e. The van der Waals surface area contributed by atoms with Crippen LogP contribution in [0.25, 0.3) is 0 Å². The summed E-state index contributed by atoms with van der Waals surface area (Å²) in [5.41, 5.74) is 7.28. The summed E-state index contributed by atoms with van der Waals surface area (Å²) >= 11 is 0. The van der Waals surface area contributed by atoms with E-state index in [2.05, 4.69) is 37.3 Å². The van der Waals surface area contributed by atoms with Crippen molar-refractivity contribution >= 4 is 0 Å². The van der Waals surface area contributed by atoms with Gasteiger partial charge >= 0.3 is 0 Å². The van der Waals surface area contributed by atoms with Crippen molar-refractivity contribution in [3.8, 4) is 0 Å². The highest BCUT2D eigenvalue weighted by Gasteiger charge is 2.40. The predicted octanol–water partition coefficient (Wildman–Crippen LogP) is 2.14. The molecule has 1 fully saturated rings. The Morgan fingerprint density at radius 1 is 1.33 bits per heavy atom. The quantitative estimate of drug-likeness (QED) is 0.706. The fourth-order valence-electron chi connectivity index (χ4n) is 1.88. The van der Waals surface area contributed by atoms with Gasteiger partial charge in [0.05, 0.1) is 0 Å². The normalized spacial score (nSPS) is 29.8. The van der Waals surface area contributed by atoms with Gasteiger partial charge in [0.25, 0.3) is 0 Å². The second-order valence-electron chi connectivity index (χ2n) is 3.78. The molecule has 0 amide bonds. The van der Waals surface area contributed by atoms with Crippen LogP contribution in [0.1, 0.15) is 24.8 Å². The lowest BCUT2D eigenvalue weighted by Crippen LogP contribution is -2.17. The average Bonchev–Trinajstić information content (AvgIpc) is 2.84. The van der Waals surface area contributed by atoms with Crippen molar-refractivity contribution in [1.29, 1.82) is 0 Å². The highest BCUT2D eigenvalue weighted by Crippen LogP contribution is 2.48. The van der Waals surface area contributed by atoms with E-state index in [-0.39, 0.29) is 0 Å². The minimum absolute atomic E-state index is 0.357. The Morgan fingerprint density at radius 2 is 2.00 bits per heavy atom. The molecule has 3 atom stereocenters. The zero-order valence-electron chi connectivity index (χ0n) is 7.40. The molecule has 2 N–H and O–H groups in total. The monoisotopic (exact) mass is 161 g/mol. The van der Waals surface area contributed by atoms with E-state index >= 15 is 0 Å². The summed E-state index contributed by atoms with van der Waals surface area (Å²) < 4.78 is 0. The molecule has 2 rings (SSSR count). The third-order valence-electron chi connectivity index (χ3n) is 2.74. The van der Waals surface area contributed by atoms with Crippen LogP contribution >= 0.6 is 0 Å². The van der Waals surface area contributed by atoms with Crippen molar-refractivity contribution in [2.24, 2.45) is 11.7 Å². The number of hydrogen-bond acceptors (Lipinski definition) is 1. The van der Waals surface area contributed by atoms with Crippen LogP contribution in [0.3, 0.4) is 0 Å². The first-order valence-electron chi connectivity index (χ1n) is 4.59. The maximum absolute atomic E-state index is 5.83. The lowest BCUT2D eigenvalue weighted by molar-refractivity contribution is 0.631. The SMILES string of the molecule is C[C@H](N)[C@H]1C[C@H]1c1ccccc1. The predicted molar refractivity (Wildman–Crippen MR) is 50.9 cm³/mol. The smallest absolute Gasteiger partial charge is 0.00448 e. The summed E-state index contributed by atoms with van der Waals surface area (Å²) in [5.74, 6) is 1.47. The van der Waals surface area contributed by atoms with Gasteiger partial charge in [-0.1, -0.05) is 30.3 Å². The molecule has 1 aromatic rings. The molecule has 12 heavy (non-hydrogen) atoms. The van der Waals surface area contributed by atoms with Crippen molar-refractivity contribution in [3.05, 3.63) is 35.9 Å². The van der Waals surface area contributed by atoms with Crippen LogP contribution < -0.4 is 5.73 Å². The lowest BCUT2D eigenvalue weighted by atomic mass is 10.1. The molecule has 0 radical (unpaired) electrons. The Morgan fingerprint density at radius 3 is 2.50 bits per heavy atom. The van der Waals surface area contributed by atoms with E-state index in [9.17, 15) is 0 Å². The van der Waals surface area contributed by atoms with Crippen LogP contribution in [0.15, 0.2) is 30.3 Å². The van der Waals surface area contributed by atoms with Crippen LogP contribution in [0.2, 0.25) is 0 Å². The van der Waals surface area contributed by atoms with Gasteiger partial charge in [0.1, 0.15) is 0 Å². The number of nitrogens with two attached hydrogens (primary N) is 1. The van der Waals surface area contributed by atoms with Gasteiger partial charge < -0.3 is 5.73 Å². The molecule has 0 heterocycles. The first-order valence-corrected chi connectivity index (χ1v) is 4.59. The van der Waals surface area contributed by atoms with Crippen LogP contribution in [0, 0.1) is 5.92 Å². The summed E-state index contributed by atoms with van der Waals surface area (Å²) in [6, 6.07) is 11.0.